The highest BCUT2D eigenvalue weighted by Crippen LogP contribution is 2.22. The molecular formula is C21H27BrN4O2S. The Hall–Kier alpha value is -1.85. The summed E-state index contributed by atoms with van der Waals surface area (Å²) in [4.78, 5) is 30.1. The molecule has 0 bridgehead atoms. The van der Waals surface area contributed by atoms with Crippen LogP contribution in [-0.2, 0) is 11.3 Å². The van der Waals surface area contributed by atoms with Gasteiger partial charge in [0.1, 0.15) is 5.54 Å². The number of halogens is 1. The predicted octanol–water partition coefficient (Wildman–Crippen LogP) is 4.50. The number of nitrogens with zero attached hydrogens (tertiary/aromatic N) is 3. The van der Waals surface area contributed by atoms with Crippen LogP contribution >= 0.6 is 27.7 Å². The molecule has 2 rings (SSSR count). The van der Waals surface area contributed by atoms with E-state index in [4.69, 9.17) is 0 Å². The summed E-state index contributed by atoms with van der Waals surface area (Å²) < 4.78 is 2.49. The first-order valence-electron chi connectivity index (χ1n) is 9.77. The Morgan fingerprint density at radius 2 is 2.14 bits per heavy atom. The maximum Gasteiger partial charge on any atom is 0.262 e. The molecular weight excluding hydrogens is 452 g/mol. The van der Waals surface area contributed by atoms with E-state index in [0.29, 0.717) is 22.6 Å². The van der Waals surface area contributed by atoms with Gasteiger partial charge in [-0.2, -0.15) is 5.26 Å². The summed E-state index contributed by atoms with van der Waals surface area (Å²) >= 11 is 4.64. The van der Waals surface area contributed by atoms with Crippen molar-refractivity contribution in [2.24, 2.45) is 5.92 Å². The third kappa shape index (κ3) is 5.83. The van der Waals surface area contributed by atoms with Crippen molar-refractivity contribution in [1.82, 2.24) is 14.9 Å². The predicted molar refractivity (Wildman–Crippen MR) is 121 cm³/mol. The van der Waals surface area contributed by atoms with Crippen LogP contribution in [0.15, 0.2) is 32.6 Å². The molecule has 0 aliphatic rings. The van der Waals surface area contributed by atoms with Gasteiger partial charge in [0.15, 0.2) is 5.16 Å². The molecule has 0 saturated carbocycles. The molecule has 1 amide bonds. The zero-order valence-electron chi connectivity index (χ0n) is 17.3. The summed E-state index contributed by atoms with van der Waals surface area (Å²) in [5, 5.41) is 13.3. The second-order valence-corrected chi connectivity index (χ2v) is 9.38. The number of carbonyl (C=O) groups excluding carboxylic acids is 1. The molecule has 1 atom stereocenters. The second-order valence-electron chi connectivity index (χ2n) is 7.53. The van der Waals surface area contributed by atoms with Crippen molar-refractivity contribution in [1.29, 1.82) is 5.26 Å². The molecule has 1 unspecified atom stereocenters. The third-order valence-electron chi connectivity index (χ3n) is 4.98. The highest BCUT2D eigenvalue weighted by molar-refractivity contribution is 9.10. The molecule has 0 spiro atoms. The maximum absolute atomic E-state index is 13.0. The average molecular weight is 479 g/mol. The first-order valence-corrected chi connectivity index (χ1v) is 11.5. The van der Waals surface area contributed by atoms with Gasteiger partial charge in [-0.3, -0.25) is 14.2 Å². The number of nitrogens with one attached hydrogen (secondary N) is 1. The fourth-order valence-corrected chi connectivity index (χ4v) is 3.94. The van der Waals surface area contributed by atoms with E-state index in [1.807, 2.05) is 19.9 Å². The first-order chi connectivity index (χ1) is 13.7. The van der Waals surface area contributed by atoms with E-state index in [2.05, 4.69) is 39.2 Å². The van der Waals surface area contributed by atoms with Crippen LogP contribution in [0.1, 0.15) is 47.0 Å². The van der Waals surface area contributed by atoms with E-state index >= 15 is 0 Å². The molecule has 8 heteroatoms. The lowest BCUT2D eigenvalue weighted by molar-refractivity contribution is -0.120. The quantitative estimate of drug-likeness (QED) is 0.325. The molecule has 1 aromatic carbocycles. The van der Waals surface area contributed by atoms with Gasteiger partial charge in [0.2, 0.25) is 5.91 Å². The van der Waals surface area contributed by atoms with Gasteiger partial charge in [-0.15, -0.1) is 0 Å². The first kappa shape index (κ1) is 23.4. The Kier molecular flexibility index (Phi) is 8.29. The third-order valence-corrected chi connectivity index (χ3v) is 6.45. The van der Waals surface area contributed by atoms with Gasteiger partial charge < -0.3 is 5.32 Å². The van der Waals surface area contributed by atoms with Gasteiger partial charge in [-0.1, -0.05) is 61.3 Å². The Morgan fingerprint density at radius 3 is 2.76 bits per heavy atom. The molecule has 1 N–H and O–H groups in total. The zero-order chi connectivity index (χ0) is 21.6. The van der Waals surface area contributed by atoms with Crippen molar-refractivity contribution in [2.75, 3.05) is 5.75 Å². The van der Waals surface area contributed by atoms with Gasteiger partial charge >= 0.3 is 0 Å². The topological polar surface area (TPSA) is 87.8 Å². The summed E-state index contributed by atoms with van der Waals surface area (Å²) in [5.74, 6) is -0.185. The minimum atomic E-state index is -0.929. The second kappa shape index (κ2) is 10.3. The van der Waals surface area contributed by atoms with E-state index in [1.54, 1.807) is 23.6 Å². The minimum Gasteiger partial charge on any atom is -0.337 e. The molecule has 0 radical (unpaired) electrons. The number of fused-ring (bicyclic) bond motifs is 1. The van der Waals surface area contributed by atoms with E-state index in [9.17, 15) is 14.9 Å². The highest BCUT2D eigenvalue weighted by atomic mass is 79.9. The van der Waals surface area contributed by atoms with Crippen molar-refractivity contribution in [3.8, 4) is 6.07 Å². The van der Waals surface area contributed by atoms with Crippen molar-refractivity contribution in [3.63, 3.8) is 0 Å². The van der Waals surface area contributed by atoms with Crippen LogP contribution < -0.4 is 10.9 Å². The van der Waals surface area contributed by atoms with E-state index in [-0.39, 0.29) is 23.1 Å². The monoisotopic (exact) mass is 478 g/mol. The number of thioether (sulfide) groups is 1. The molecule has 0 aliphatic carbocycles. The van der Waals surface area contributed by atoms with Crippen LogP contribution in [0, 0.1) is 17.2 Å². The van der Waals surface area contributed by atoms with Crippen LogP contribution in [0.2, 0.25) is 0 Å². The van der Waals surface area contributed by atoms with Crippen LogP contribution in [0.25, 0.3) is 10.9 Å². The van der Waals surface area contributed by atoms with Crippen LogP contribution in [0.5, 0.6) is 0 Å². The lowest BCUT2D eigenvalue weighted by atomic mass is 9.90. The molecule has 156 valence electrons. The molecule has 0 fully saturated rings. The van der Waals surface area contributed by atoms with Gasteiger partial charge in [-0.25, -0.2) is 4.98 Å². The molecule has 0 saturated heterocycles. The molecule has 6 nitrogen and oxygen atoms in total. The molecule has 1 aromatic heterocycles. The highest BCUT2D eigenvalue weighted by Gasteiger charge is 2.30. The van der Waals surface area contributed by atoms with Gasteiger partial charge in [0.05, 0.1) is 22.7 Å². The van der Waals surface area contributed by atoms with Gasteiger partial charge in [-0.05, 0) is 37.5 Å². The Balaban J connectivity index is 2.29. The number of rotatable bonds is 9. The number of nitriles is 1. The van der Waals surface area contributed by atoms with Crippen molar-refractivity contribution >= 4 is 44.5 Å². The summed E-state index contributed by atoms with van der Waals surface area (Å²) in [5.41, 5.74) is -0.419. The van der Waals surface area contributed by atoms with Crippen molar-refractivity contribution in [2.45, 2.75) is 64.2 Å². The number of amides is 1. The van der Waals surface area contributed by atoms with Gasteiger partial charge in [0, 0.05) is 11.0 Å². The summed E-state index contributed by atoms with van der Waals surface area (Å²) in [6, 6.07) is 7.60. The summed E-state index contributed by atoms with van der Waals surface area (Å²) in [7, 11) is 0. The fourth-order valence-electron chi connectivity index (χ4n) is 2.76. The standard InChI is InChI=1S/C21H27BrN4O2S/c1-5-6-7-10-26-19(28)16-11-15(22)8-9-17(16)24-20(26)29-12-18(27)25-21(4,13-23)14(2)3/h8-9,11,14H,5-7,10,12H2,1-4H3,(H,25,27). The normalized spacial score (nSPS) is 13.3. The number of unbranched alkanes of at least 4 members (excludes halogenated alkanes) is 2. The number of aromatic nitrogens is 2. The van der Waals surface area contributed by atoms with Crippen LogP contribution in [0.3, 0.4) is 0 Å². The Labute approximate surface area is 184 Å². The number of carbonyl (C=O) groups is 1. The molecule has 2 aromatic rings. The van der Waals surface area contributed by atoms with Crippen LogP contribution in [-0.4, -0.2) is 26.8 Å². The minimum absolute atomic E-state index is 0.0223. The molecule has 0 aliphatic heterocycles. The van der Waals surface area contributed by atoms with Crippen LogP contribution in [0.4, 0.5) is 0 Å². The number of hydrogen-bond acceptors (Lipinski definition) is 5. The molecule has 1 heterocycles. The Morgan fingerprint density at radius 1 is 1.41 bits per heavy atom. The van der Waals surface area contributed by atoms with Gasteiger partial charge in [0.25, 0.3) is 5.56 Å². The molecule has 29 heavy (non-hydrogen) atoms. The van der Waals surface area contributed by atoms with E-state index in [0.717, 1.165) is 23.7 Å². The largest absolute Gasteiger partial charge is 0.337 e. The van der Waals surface area contributed by atoms with E-state index in [1.165, 1.54) is 11.8 Å². The fraction of sp³-hybridized carbons (Fsp3) is 0.524. The van der Waals surface area contributed by atoms with Crippen molar-refractivity contribution < 1.29 is 4.79 Å². The maximum atomic E-state index is 13.0. The smallest absolute Gasteiger partial charge is 0.262 e. The van der Waals surface area contributed by atoms with E-state index < -0.39 is 5.54 Å². The summed E-state index contributed by atoms with van der Waals surface area (Å²) in [6.07, 6.45) is 2.94. The lowest BCUT2D eigenvalue weighted by Crippen LogP contribution is -2.49. The number of benzene rings is 1. The zero-order valence-corrected chi connectivity index (χ0v) is 19.7. The lowest BCUT2D eigenvalue weighted by Gasteiger charge is -2.27. The summed E-state index contributed by atoms with van der Waals surface area (Å²) in [6.45, 7) is 8.18. The van der Waals surface area contributed by atoms with Crippen molar-refractivity contribution in [3.05, 3.63) is 33.0 Å². The Bertz CT molecular complexity index is 983. The average Bonchev–Trinajstić information content (AvgIpc) is 2.68. The SMILES string of the molecule is CCCCCn1c(SCC(=O)NC(C)(C#N)C(C)C)nc2ccc(Br)cc2c1=O. The number of hydrogen-bond donors (Lipinski definition) is 1.